The van der Waals surface area contributed by atoms with E-state index in [2.05, 4.69) is 37.6 Å². The Labute approximate surface area is 103 Å². The quantitative estimate of drug-likeness (QED) is 0.580. The molecule has 0 bridgehead atoms. The molecule has 0 aliphatic rings. The number of rotatable bonds is 7. The molecule has 0 amide bonds. The molecular weight excluding hydrogens is 235 g/mol. The van der Waals surface area contributed by atoms with Gasteiger partial charge in [-0.3, -0.25) is 4.57 Å². The zero-order valence-corrected chi connectivity index (χ0v) is 11.1. The molecule has 0 aromatic heterocycles. The van der Waals surface area contributed by atoms with E-state index in [-0.39, 0.29) is 6.16 Å². The number of aryl methyl sites for hydroxylation is 1. The summed E-state index contributed by atoms with van der Waals surface area (Å²) in [6, 6.07) is 8.34. The predicted octanol–water partition coefficient (Wildman–Crippen LogP) is 3.29. The molecule has 0 spiro atoms. The topological polar surface area (TPSA) is 57.5 Å². The van der Waals surface area contributed by atoms with Gasteiger partial charge in [-0.2, -0.15) is 0 Å². The van der Waals surface area contributed by atoms with E-state index in [4.69, 9.17) is 9.79 Å². The molecular formula is C13H20O3P. The normalized spacial score (nSPS) is 11.7. The first-order valence-corrected chi connectivity index (χ1v) is 7.71. The van der Waals surface area contributed by atoms with Gasteiger partial charge >= 0.3 is 7.60 Å². The Kier molecular flexibility index (Phi) is 5.90. The average Bonchev–Trinajstić information content (AvgIpc) is 2.24. The SMILES string of the molecule is Cc1ccc([CH]CCCCCP(=O)(O)O)cc1. The molecule has 3 nitrogen and oxygen atoms in total. The lowest BCUT2D eigenvalue weighted by molar-refractivity contribution is 0.371. The highest BCUT2D eigenvalue weighted by atomic mass is 31.2. The van der Waals surface area contributed by atoms with Gasteiger partial charge in [0.05, 0.1) is 0 Å². The standard InChI is InChI=1S/C13H20O3P/c1-12-7-9-13(10-8-12)6-4-2-3-5-11-17(14,15)16/h6-10H,2-5,11H2,1H3,(H2,14,15,16). The molecule has 95 valence electrons. The van der Waals surface area contributed by atoms with Crippen molar-refractivity contribution in [2.24, 2.45) is 0 Å². The van der Waals surface area contributed by atoms with Crippen molar-refractivity contribution in [3.8, 4) is 0 Å². The van der Waals surface area contributed by atoms with Crippen LogP contribution in [0.3, 0.4) is 0 Å². The van der Waals surface area contributed by atoms with E-state index < -0.39 is 7.60 Å². The van der Waals surface area contributed by atoms with Crippen molar-refractivity contribution >= 4 is 7.60 Å². The molecule has 1 radical (unpaired) electrons. The number of benzene rings is 1. The van der Waals surface area contributed by atoms with Gasteiger partial charge in [0, 0.05) is 6.16 Å². The Hall–Kier alpha value is -0.630. The second-order valence-electron chi connectivity index (χ2n) is 4.35. The Balaban J connectivity index is 2.08. The minimum absolute atomic E-state index is 0.0114. The van der Waals surface area contributed by atoms with Crippen molar-refractivity contribution < 1.29 is 14.4 Å². The third-order valence-corrected chi connectivity index (χ3v) is 3.51. The summed E-state index contributed by atoms with van der Waals surface area (Å²) in [7, 11) is -3.79. The van der Waals surface area contributed by atoms with Gasteiger partial charge in [-0.1, -0.05) is 42.7 Å². The van der Waals surface area contributed by atoms with Gasteiger partial charge in [-0.25, -0.2) is 0 Å². The summed E-state index contributed by atoms with van der Waals surface area (Å²) < 4.78 is 10.6. The molecule has 0 aliphatic heterocycles. The smallest absolute Gasteiger partial charge is 0.324 e. The Bertz CT molecular complexity index is 367. The molecule has 0 aliphatic carbocycles. The van der Waals surface area contributed by atoms with Crippen LogP contribution in [0.1, 0.15) is 36.8 Å². The lowest BCUT2D eigenvalue weighted by Gasteiger charge is -2.04. The predicted molar refractivity (Wildman–Crippen MR) is 70.0 cm³/mol. The van der Waals surface area contributed by atoms with Gasteiger partial charge in [-0.05, 0) is 31.7 Å². The highest BCUT2D eigenvalue weighted by Gasteiger charge is 2.10. The number of hydrogen-bond acceptors (Lipinski definition) is 1. The fraction of sp³-hybridized carbons (Fsp3) is 0.462. The van der Waals surface area contributed by atoms with Crippen molar-refractivity contribution in [1.82, 2.24) is 0 Å². The van der Waals surface area contributed by atoms with Crippen LogP contribution in [-0.2, 0) is 4.57 Å². The summed E-state index contributed by atoms with van der Waals surface area (Å²) in [5, 5.41) is 0. The van der Waals surface area contributed by atoms with Gasteiger partial charge in [0.15, 0.2) is 0 Å². The van der Waals surface area contributed by atoms with Crippen LogP contribution in [0, 0.1) is 13.3 Å². The molecule has 0 unspecified atom stereocenters. The zero-order valence-electron chi connectivity index (χ0n) is 10.2. The Morgan fingerprint density at radius 3 is 2.35 bits per heavy atom. The van der Waals surface area contributed by atoms with Gasteiger partial charge in [-0.15, -0.1) is 0 Å². The third kappa shape index (κ3) is 7.32. The second-order valence-corrected chi connectivity index (χ2v) is 6.13. The summed E-state index contributed by atoms with van der Waals surface area (Å²) >= 11 is 0. The van der Waals surface area contributed by atoms with E-state index in [1.165, 1.54) is 11.1 Å². The highest BCUT2D eigenvalue weighted by molar-refractivity contribution is 7.51. The summed E-state index contributed by atoms with van der Waals surface area (Å²) in [6.07, 6.45) is 5.59. The van der Waals surface area contributed by atoms with Crippen molar-refractivity contribution in [2.75, 3.05) is 6.16 Å². The summed E-state index contributed by atoms with van der Waals surface area (Å²) in [4.78, 5) is 17.4. The maximum Gasteiger partial charge on any atom is 0.325 e. The van der Waals surface area contributed by atoms with Crippen LogP contribution in [0.15, 0.2) is 24.3 Å². The van der Waals surface area contributed by atoms with Crippen molar-refractivity contribution in [2.45, 2.75) is 32.6 Å². The molecule has 4 heteroatoms. The molecule has 0 fully saturated rings. The molecule has 0 saturated heterocycles. The van der Waals surface area contributed by atoms with E-state index in [0.29, 0.717) is 6.42 Å². The summed E-state index contributed by atoms with van der Waals surface area (Å²) in [5.74, 6) is 0. The second kappa shape index (κ2) is 6.95. The summed E-state index contributed by atoms with van der Waals surface area (Å²) in [5.41, 5.74) is 2.47. The fourth-order valence-electron chi connectivity index (χ4n) is 1.61. The molecule has 2 N–H and O–H groups in total. The first-order chi connectivity index (χ1) is 7.97. The van der Waals surface area contributed by atoms with Crippen molar-refractivity contribution in [3.63, 3.8) is 0 Å². The maximum absolute atomic E-state index is 10.6. The molecule has 0 heterocycles. The zero-order chi connectivity index (χ0) is 12.7. The van der Waals surface area contributed by atoms with Crippen LogP contribution >= 0.6 is 7.60 Å². The van der Waals surface area contributed by atoms with Gasteiger partial charge < -0.3 is 9.79 Å². The molecule has 17 heavy (non-hydrogen) atoms. The van der Waals surface area contributed by atoms with Crippen LogP contribution in [-0.4, -0.2) is 15.9 Å². The fourth-order valence-corrected chi connectivity index (χ4v) is 2.25. The largest absolute Gasteiger partial charge is 0.325 e. The highest BCUT2D eigenvalue weighted by Crippen LogP contribution is 2.35. The minimum Gasteiger partial charge on any atom is -0.324 e. The van der Waals surface area contributed by atoms with Crippen LogP contribution in [0.5, 0.6) is 0 Å². The lowest BCUT2D eigenvalue weighted by atomic mass is 10.1. The van der Waals surface area contributed by atoms with E-state index in [0.717, 1.165) is 19.3 Å². The molecule has 1 aromatic carbocycles. The monoisotopic (exact) mass is 255 g/mol. The molecule has 1 rings (SSSR count). The average molecular weight is 255 g/mol. The van der Waals surface area contributed by atoms with Crippen molar-refractivity contribution in [3.05, 3.63) is 41.8 Å². The van der Waals surface area contributed by atoms with Gasteiger partial charge in [0.25, 0.3) is 0 Å². The van der Waals surface area contributed by atoms with Gasteiger partial charge in [0.2, 0.25) is 0 Å². The van der Waals surface area contributed by atoms with E-state index >= 15 is 0 Å². The molecule has 1 aromatic rings. The van der Waals surface area contributed by atoms with Crippen LogP contribution in [0.2, 0.25) is 0 Å². The lowest BCUT2D eigenvalue weighted by Crippen LogP contribution is -1.89. The van der Waals surface area contributed by atoms with E-state index in [9.17, 15) is 4.57 Å². The van der Waals surface area contributed by atoms with Gasteiger partial charge in [0.1, 0.15) is 0 Å². The first-order valence-electron chi connectivity index (χ1n) is 5.92. The molecule has 0 saturated carbocycles. The van der Waals surface area contributed by atoms with Crippen molar-refractivity contribution in [1.29, 1.82) is 0 Å². The Morgan fingerprint density at radius 1 is 1.12 bits per heavy atom. The van der Waals surface area contributed by atoms with E-state index in [1.54, 1.807) is 0 Å². The maximum atomic E-state index is 10.6. The Morgan fingerprint density at radius 2 is 1.76 bits per heavy atom. The van der Waals surface area contributed by atoms with Crippen LogP contribution in [0.25, 0.3) is 0 Å². The minimum atomic E-state index is -3.79. The number of unbranched alkanes of at least 4 members (excludes halogenated alkanes) is 3. The molecule has 0 atom stereocenters. The number of hydrogen-bond donors (Lipinski definition) is 2. The van der Waals surface area contributed by atoms with Crippen LogP contribution < -0.4 is 0 Å². The third-order valence-electron chi connectivity index (χ3n) is 2.61. The summed E-state index contributed by atoms with van der Waals surface area (Å²) in [6.45, 7) is 2.06. The first kappa shape index (κ1) is 14.4. The van der Waals surface area contributed by atoms with E-state index in [1.807, 2.05) is 0 Å². The van der Waals surface area contributed by atoms with Crippen LogP contribution in [0.4, 0.5) is 0 Å².